The smallest absolute Gasteiger partial charge is 0.259 e. The molecule has 0 unspecified atom stereocenters. The summed E-state index contributed by atoms with van der Waals surface area (Å²) in [6.07, 6.45) is 3.34. The number of hydrogen-bond acceptors (Lipinski definition) is 6. The lowest BCUT2D eigenvalue weighted by molar-refractivity contribution is 0.102. The lowest BCUT2D eigenvalue weighted by atomic mass is 10.1. The predicted octanol–water partition coefficient (Wildman–Crippen LogP) is 4.40. The van der Waals surface area contributed by atoms with E-state index < -0.39 is 0 Å². The molecular weight excluding hydrogens is 444 g/mol. The second kappa shape index (κ2) is 8.94. The molecule has 0 radical (unpaired) electrons. The topological polar surface area (TPSA) is 96.1 Å². The molecule has 0 aliphatic heterocycles. The first-order chi connectivity index (χ1) is 17.0. The molecule has 5 rings (SSSR count). The van der Waals surface area contributed by atoms with Gasteiger partial charge in [-0.3, -0.25) is 9.48 Å². The molecule has 0 saturated heterocycles. The number of aryl methyl sites for hydroxylation is 2. The summed E-state index contributed by atoms with van der Waals surface area (Å²) in [7, 11) is 4.99. The van der Waals surface area contributed by atoms with Crippen LogP contribution >= 0.6 is 0 Å². The van der Waals surface area contributed by atoms with Crippen LogP contribution in [0.3, 0.4) is 0 Å². The van der Waals surface area contributed by atoms with Crippen molar-refractivity contribution in [2.45, 2.75) is 6.92 Å². The minimum atomic E-state index is -0.306. The van der Waals surface area contributed by atoms with Crippen LogP contribution in [0.5, 0.6) is 11.5 Å². The number of carbonyl (C=O) groups is 1. The van der Waals surface area contributed by atoms with Crippen molar-refractivity contribution in [1.82, 2.24) is 24.5 Å². The molecule has 1 N–H and O–H groups in total. The van der Waals surface area contributed by atoms with Crippen molar-refractivity contribution in [2.75, 3.05) is 19.5 Å². The average molecular weight is 469 g/mol. The summed E-state index contributed by atoms with van der Waals surface area (Å²) in [5, 5.41) is 13.0. The maximum atomic E-state index is 13.5. The van der Waals surface area contributed by atoms with E-state index in [1.165, 1.54) is 0 Å². The molecule has 2 aromatic carbocycles. The van der Waals surface area contributed by atoms with E-state index in [9.17, 15) is 4.79 Å². The lowest BCUT2D eigenvalue weighted by Gasteiger charge is -2.10. The highest BCUT2D eigenvalue weighted by atomic mass is 16.5. The Morgan fingerprint density at radius 2 is 1.74 bits per heavy atom. The third-order valence-corrected chi connectivity index (χ3v) is 5.76. The van der Waals surface area contributed by atoms with Gasteiger partial charge in [-0.2, -0.15) is 10.2 Å². The molecule has 5 aromatic rings. The number of carbonyl (C=O) groups excluding carboxylic acids is 1. The molecule has 0 fully saturated rings. The fraction of sp³-hybridized carbons (Fsp3) is 0.154. The van der Waals surface area contributed by atoms with Crippen LogP contribution < -0.4 is 14.8 Å². The minimum absolute atomic E-state index is 0.306. The van der Waals surface area contributed by atoms with Gasteiger partial charge >= 0.3 is 0 Å². The van der Waals surface area contributed by atoms with Crippen molar-refractivity contribution in [3.05, 3.63) is 78.2 Å². The molecule has 3 heterocycles. The molecule has 9 nitrogen and oxygen atoms in total. The van der Waals surface area contributed by atoms with E-state index in [0.717, 1.165) is 28.0 Å². The minimum Gasteiger partial charge on any atom is -0.493 e. The van der Waals surface area contributed by atoms with E-state index in [2.05, 4.69) is 15.4 Å². The van der Waals surface area contributed by atoms with E-state index in [0.29, 0.717) is 28.4 Å². The second-order valence-electron chi connectivity index (χ2n) is 8.00. The number of pyridine rings is 1. The molecular formula is C26H24N6O3. The molecule has 0 aliphatic rings. The molecule has 0 bridgehead atoms. The number of benzene rings is 2. The summed E-state index contributed by atoms with van der Waals surface area (Å²) in [4.78, 5) is 17.9. The van der Waals surface area contributed by atoms with Crippen LogP contribution in [-0.4, -0.2) is 44.7 Å². The number of ether oxygens (including phenoxy) is 2. The molecule has 1 amide bonds. The van der Waals surface area contributed by atoms with Gasteiger partial charge in [0.2, 0.25) is 0 Å². The maximum Gasteiger partial charge on any atom is 0.259 e. The molecule has 35 heavy (non-hydrogen) atoms. The molecule has 3 aromatic heterocycles. The summed E-state index contributed by atoms with van der Waals surface area (Å²) in [6.45, 7) is 1.91. The third kappa shape index (κ3) is 4.08. The maximum absolute atomic E-state index is 13.5. The van der Waals surface area contributed by atoms with Gasteiger partial charge in [-0.05, 0) is 43.3 Å². The Morgan fingerprint density at radius 1 is 0.971 bits per heavy atom. The number of hydrogen-bond donors (Lipinski definition) is 1. The monoisotopic (exact) mass is 468 g/mol. The van der Waals surface area contributed by atoms with Crippen LogP contribution in [0.15, 0.2) is 67.0 Å². The average Bonchev–Trinajstić information content (AvgIpc) is 3.45. The normalized spacial score (nSPS) is 11.0. The molecule has 0 aliphatic carbocycles. The molecule has 0 saturated carbocycles. The molecule has 0 spiro atoms. The van der Waals surface area contributed by atoms with E-state index in [4.69, 9.17) is 14.6 Å². The van der Waals surface area contributed by atoms with Crippen molar-refractivity contribution in [3.8, 4) is 28.4 Å². The number of aromatic nitrogens is 5. The summed E-state index contributed by atoms with van der Waals surface area (Å²) in [6, 6.07) is 16.9. The standard InChI is InChI=1S/C26H24N6O3/c1-16-20-13-18(14-27-25(20)31(2)29-16)28-26(33)21-15-32(19-8-6-5-7-9-19)30-24(21)17-10-11-22(34-3)23(12-17)35-4/h5-15H,1-4H3,(H,28,33). The Kier molecular flexibility index (Phi) is 5.66. The number of para-hydroxylation sites is 1. The summed E-state index contributed by atoms with van der Waals surface area (Å²) in [5.41, 5.74) is 4.64. The zero-order valence-corrected chi connectivity index (χ0v) is 19.8. The number of fused-ring (bicyclic) bond motifs is 1. The molecule has 176 valence electrons. The Hall–Kier alpha value is -4.66. The fourth-order valence-corrected chi connectivity index (χ4v) is 4.02. The zero-order valence-electron chi connectivity index (χ0n) is 19.8. The van der Waals surface area contributed by atoms with E-state index in [-0.39, 0.29) is 5.91 Å². The van der Waals surface area contributed by atoms with Crippen LogP contribution in [0.2, 0.25) is 0 Å². The van der Waals surface area contributed by atoms with Gasteiger partial charge in [0.25, 0.3) is 5.91 Å². The summed E-state index contributed by atoms with van der Waals surface area (Å²) < 4.78 is 14.2. The predicted molar refractivity (Wildman–Crippen MR) is 133 cm³/mol. The van der Waals surface area contributed by atoms with Gasteiger partial charge in [-0.1, -0.05) is 18.2 Å². The van der Waals surface area contributed by atoms with Gasteiger partial charge in [-0.15, -0.1) is 0 Å². The highest BCUT2D eigenvalue weighted by Gasteiger charge is 2.21. The Balaban J connectivity index is 1.57. The summed E-state index contributed by atoms with van der Waals surface area (Å²) >= 11 is 0. The van der Waals surface area contributed by atoms with E-state index in [1.54, 1.807) is 48.1 Å². The van der Waals surface area contributed by atoms with Gasteiger partial charge in [0.05, 0.1) is 43.0 Å². The lowest BCUT2D eigenvalue weighted by Crippen LogP contribution is -2.12. The van der Waals surface area contributed by atoms with Crippen LogP contribution in [0.1, 0.15) is 16.1 Å². The largest absolute Gasteiger partial charge is 0.493 e. The Labute approximate surface area is 201 Å². The number of methoxy groups -OCH3 is 2. The van der Waals surface area contributed by atoms with Crippen LogP contribution in [-0.2, 0) is 7.05 Å². The first-order valence-corrected chi connectivity index (χ1v) is 11.0. The molecule has 9 heteroatoms. The highest BCUT2D eigenvalue weighted by Crippen LogP contribution is 2.34. The van der Waals surface area contributed by atoms with Gasteiger partial charge in [0, 0.05) is 24.2 Å². The highest BCUT2D eigenvalue weighted by molar-refractivity contribution is 6.08. The van der Waals surface area contributed by atoms with Crippen molar-refractivity contribution in [2.24, 2.45) is 7.05 Å². The zero-order chi connectivity index (χ0) is 24.5. The van der Waals surface area contributed by atoms with Crippen LogP contribution in [0.4, 0.5) is 5.69 Å². The van der Waals surface area contributed by atoms with Crippen LogP contribution in [0, 0.1) is 6.92 Å². The van der Waals surface area contributed by atoms with Gasteiger partial charge < -0.3 is 14.8 Å². The van der Waals surface area contributed by atoms with Crippen molar-refractivity contribution in [3.63, 3.8) is 0 Å². The first-order valence-electron chi connectivity index (χ1n) is 11.0. The van der Waals surface area contributed by atoms with Crippen molar-refractivity contribution in [1.29, 1.82) is 0 Å². The number of nitrogens with one attached hydrogen (secondary N) is 1. The number of rotatable bonds is 6. The summed E-state index contributed by atoms with van der Waals surface area (Å²) in [5.74, 6) is 0.836. The number of nitrogens with zero attached hydrogens (tertiary/aromatic N) is 5. The Morgan fingerprint density at radius 3 is 2.49 bits per heavy atom. The van der Waals surface area contributed by atoms with Gasteiger partial charge in [-0.25, -0.2) is 9.67 Å². The SMILES string of the molecule is COc1ccc(-c2nn(-c3ccccc3)cc2C(=O)Nc2cnc3c(c2)c(C)nn3C)cc1OC. The van der Waals surface area contributed by atoms with Crippen LogP contribution in [0.25, 0.3) is 28.0 Å². The van der Waals surface area contributed by atoms with Crippen molar-refractivity contribution < 1.29 is 14.3 Å². The van der Waals surface area contributed by atoms with Gasteiger partial charge in [0.1, 0.15) is 5.69 Å². The van der Waals surface area contributed by atoms with Crippen molar-refractivity contribution >= 4 is 22.6 Å². The second-order valence-corrected chi connectivity index (χ2v) is 8.00. The first kappa shape index (κ1) is 22.1. The fourth-order valence-electron chi connectivity index (χ4n) is 4.02. The third-order valence-electron chi connectivity index (χ3n) is 5.76. The number of amides is 1. The quantitative estimate of drug-likeness (QED) is 0.397. The molecule has 0 atom stereocenters. The Bertz CT molecular complexity index is 1540. The van der Waals surface area contributed by atoms with Gasteiger partial charge in [0.15, 0.2) is 17.1 Å². The number of anilines is 1. The van der Waals surface area contributed by atoms with E-state index in [1.807, 2.05) is 56.4 Å². The van der Waals surface area contributed by atoms with E-state index >= 15 is 0 Å².